The van der Waals surface area contributed by atoms with E-state index in [9.17, 15) is 9.90 Å². The zero-order valence-corrected chi connectivity index (χ0v) is 12.1. The molecular weight excluding hydrogens is 272 g/mol. The van der Waals surface area contributed by atoms with E-state index < -0.39 is 0 Å². The molecule has 2 rings (SSSR count). The molecule has 0 fully saturated rings. The van der Waals surface area contributed by atoms with Gasteiger partial charge in [0.25, 0.3) is 5.91 Å². The molecule has 0 radical (unpaired) electrons. The van der Waals surface area contributed by atoms with Crippen LogP contribution < -0.4 is 0 Å². The second kappa shape index (κ2) is 6.90. The number of nitrogens with zero attached hydrogens (tertiary/aromatic N) is 2. The zero-order chi connectivity index (χ0) is 15.2. The van der Waals surface area contributed by atoms with E-state index in [0.717, 1.165) is 5.76 Å². The van der Waals surface area contributed by atoms with Gasteiger partial charge >= 0.3 is 0 Å². The van der Waals surface area contributed by atoms with Crippen molar-refractivity contribution >= 4 is 5.91 Å². The van der Waals surface area contributed by atoms with Gasteiger partial charge in [0.2, 0.25) is 0 Å². The van der Waals surface area contributed by atoms with Crippen molar-refractivity contribution in [2.45, 2.75) is 13.5 Å². The van der Waals surface area contributed by atoms with Gasteiger partial charge in [-0.2, -0.15) is 0 Å². The lowest BCUT2D eigenvalue weighted by atomic mass is 10.2. The molecule has 0 aliphatic heterocycles. The van der Waals surface area contributed by atoms with Crippen molar-refractivity contribution in [3.05, 3.63) is 47.7 Å². The quantitative estimate of drug-likeness (QED) is 0.880. The number of amides is 1. The van der Waals surface area contributed by atoms with Crippen molar-refractivity contribution in [3.63, 3.8) is 0 Å². The van der Waals surface area contributed by atoms with Crippen LogP contribution in [0.2, 0.25) is 0 Å². The smallest absolute Gasteiger partial charge is 0.276 e. The van der Waals surface area contributed by atoms with Crippen LogP contribution >= 0.6 is 0 Å². The van der Waals surface area contributed by atoms with Crippen LogP contribution in [0.4, 0.5) is 0 Å². The molecule has 0 aliphatic carbocycles. The Morgan fingerprint density at radius 2 is 2.24 bits per heavy atom. The van der Waals surface area contributed by atoms with Crippen molar-refractivity contribution in [1.29, 1.82) is 0 Å². The Balaban J connectivity index is 2.18. The van der Waals surface area contributed by atoms with Gasteiger partial charge in [-0.15, -0.1) is 0 Å². The van der Waals surface area contributed by atoms with E-state index in [1.807, 2.05) is 19.1 Å². The Kier molecular flexibility index (Phi) is 4.94. The van der Waals surface area contributed by atoms with E-state index >= 15 is 0 Å². The number of carbonyl (C=O) groups excluding carboxylic acids is 1. The number of furan rings is 1. The maximum atomic E-state index is 12.5. The van der Waals surface area contributed by atoms with Gasteiger partial charge in [0, 0.05) is 19.9 Å². The number of hydrogen-bond donors (Lipinski definition) is 1. The third kappa shape index (κ3) is 3.82. The van der Waals surface area contributed by atoms with E-state index in [1.54, 1.807) is 13.2 Å². The van der Waals surface area contributed by atoms with Crippen LogP contribution in [0.15, 0.2) is 34.9 Å². The van der Waals surface area contributed by atoms with Gasteiger partial charge in [-0.3, -0.25) is 4.79 Å². The number of hydrogen-bond acceptors (Lipinski definition) is 5. The van der Waals surface area contributed by atoms with Crippen molar-refractivity contribution in [2.24, 2.45) is 0 Å². The first kappa shape index (κ1) is 15.1. The molecule has 0 bridgehead atoms. The first-order chi connectivity index (χ1) is 10.1. The minimum Gasteiger partial charge on any atom is -0.505 e. The molecule has 2 aromatic heterocycles. The highest BCUT2D eigenvalue weighted by atomic mass is 16.5. The Morgan fingerprint density at radius 3 is 2.86 bits per heavy atom. The first-order valence-electron chi connectivity index (χ1n) is 6.59. The molecule has 0 atom stereocenters. The fraction of sp³-hybridized carbons (Fsp3) is 0.333. The number of aromatic hydroxyl groups is 1. The van der Waals surface area contributed by atoms with Gasteiger partial charge in [0.05, 0.1) is 13.2 Å². The summed E-state index contributed by atoms with van der Waals surface area (Å²) in [7, 11) is 1.57. The average molecular weight is 290 g/mol. The predicted octanol–water partition coefficient (Wildman–Crippen LogP) is 1.98. The molecule has 1 amide bonds. The maximum Gasteiger partial charge on any atom is 0.276 e. The summed E-state index contributed by atoms with van der Waals surface area (Å²) in [5, 5.41) is 9.76. The number of carbonyl (C=O) groups is 1. The number of methoxy groups -OCH3 is 1. The molecule has 0 saturated carbocycles. The van der Waals surface area contributed by atoms with E-state index in [-0.39, 0.29) is 17.4 Å². The molecular formula is C15H18N2O4. The standard InChI is InChI=1S/C15H18N2O4/c1-11-5-6-12(21-11)10-17(8-9-20-2)15(19)14-13(18)4-3-7-16-14/h3-7,18H,8-10H2,1-2H3. The number of ether oxygens (including phenoxy) is 1. The van der Waals surface area contributed by atoms with Crippen LogP contribution in [0.1, 0.15) is 22.0 Å². The summed E-state index contributed by atoms with van der Waals surface area (Å²) in [5.74, 6) is 0.956. The Morgan fingerprint density at radius 1 is 1.43 bits per heavy atom. The molecule has 0 aliphatic rings. The van der Waals surface area contributed by atoms with Gasteiger partial charge < -0.3 is 19.2 Å². The molecule has 21 heavy (non-hydrogen) atoms. The molecule has 2 aromatic rings. The van der Waals surface area contributed by atoms with Crippen LogP contribution in [0.5, 0.6) is 5.75 Å². The van der Waals surface area contributed by atoms with Crippen molar-refractivity contribution in [1.82, 2.24) is 9.88 Å². The van der Waals surface area contributed by atoms with Gasteiger partial charge in [0.1, 0.15) is 17.3 Å². The monoisotopic (exact) mass is 290 g/mol. The Hall–Kier alpha value is -2.34. The predicted molar refractivity (Wildman–Crippen MR) is 76.0 cm³/mol. The van der Waals surface area contributed by atoms with E-state index in [4.69, 9.17) is 9.15 Å². The number of aromatic nitrogens is 1. The lowest BCUT2D eigenvalue weighted by Crippen LogP contribution is -2.33. The van der Waals surface area contributed by atoms with Crippen molar-refractivity contribution in [3.8, 4) is 5.75 Å². The highest BCUT2D eigenvalue weighted by Gasteiger charge is 2.21. The largest absolute Gasteiger partial charge is 0.505 e. The van der Waals surface area contributed by atoms with Crippen LogP contribution in [0.25, 0.3) is 0 Å². The Bertz CT molecular complexity index is 609. The normalized spacial score (nSPS) is 10.6. The van der Waals surface area contributed by atoms with Crippen LogP contribution in [-0.2, 0) is 11.3 Å². The lowest BCUT2D eigenvalue weighted by Gasteiger charge is -2.21. The van der Waals surface area contributed by atoms with E-state index in [2.05, 4.69) is 4.98 Å². The molecule has 1 N–H and O–H groups in total. The molecule has 0 spiro atoms. The summed E-state index contributed by atoms with van der Waals surface area (Å²) in [6.45, 7) is 2.91. The maximum absolute atomic E-state index is 12.5. The zero-order valence-electron chi connectivity index (χ0n) is 12.1. The number of pyridine rings is 1. The third-order valence-corrected chi connectivity index (χ3v) is 2.98. The van der Waals surface area contributed by atoms with E-state index in [1.165, 1.54) is 17.2 Å². The molecule has 6 heteroatoms. The second-order valence-corrected chi connectivity index (χ2v) is 4.60. The van der Waals surface area contributed by atoms with Crippen molar-refractivity contribution < 1.29 is 19.1 Å². The highest BCUT2D eigenvalue weighted by Crippen LogP contribution is 2.17. The van der Waals surface area contributed by atoms with Crippen LogP contribution in [0, 0.1) is 6.92 Å². The number of aryl methyl sites for hydroxylation is 1. The minimum absolute atomic E-state index is 0.0249. The summed E-state index contributed by atoms with van der Waals surface area (Å²) in [4.78, 5) is 18.0. The van der Waals surface area contributed by atoms with Crippen LogP contribution in [0.3, 0.4) is 0 Å². The molecule has 6 nitrogen and oxygen atoms in total. The van der Waals surface area contributed by atoms with Gasteiger partial charge in [-0.1, -0.05) is 0 Å². The molecule has 0 unspecified atom stereocenters. The van der Waals surface area contributed by atoms with Crippen molar-refractivity contribution in [2.75, 3.05) is 20.3 Å². The van der Waals surface area contributed by atoms with E-state index in [0.29, 0.717) is 25.5 Å². The fourth-order valence-electron chi connectivity index (χ4n) is 1.92. The second-order valence-electron chi connectivity index (χ2n) is 4.60. The van der Waals surface area contributed by atoms with Gasteiger partial charge in [-0.05, 0) is 31.2 Å². The molecule has 112 valence electrons. The van der Waals surface area contributed by atoms with Crippen LogP contribution in [-0.4, -0.2) is 41.2 Å². The summed E-state index contributed by atoms with van der Waals surface area (Å²) < 4.78 is 10.5. The highest BCUT2D eigenvalue weighted by molar-refractivity contribution is 5.94. The SMILES string of the molecule is COCCN(Cc1ccc(C)o1)C(=O)c1ncccc1O. The summed E-state index contributed by atoms with van der Waals surface area (Å²) in [5.41, 5.74) is 0.0249. The first-order valence-corrected chi connectivity index (χ1v) is 6.59. The van der Waals surface area contributed by atoms with Gasteiger partial charge in [-0.25, -0.2) is 4.98 Å². The lowest BCUT2D eigenvalue weighted by molar-refractivity contribution is 0.0657. The molecule has 0 saturated heterocycles. The number of rotatable bonds is 6. The molecule has 0 aromatic carbocycles. The summed E-state index contributed by atoms with van der Waals surface area (Å²) in [6.07, 6.45) is 1.47. The average Bonchev–Trinajstić information content (AvgIpc) is 2.88. The minimum atomic E-state index is -0.362. The molecule has 2 heterocycles. The summed E-state index contributed by atoms with van der Waals surface area (Å²) >= 11 is 0. The fourth-order valence-corrected chi connectivity index (χ4v) is 1.92. The Labute approximate surface area is 123 Å². The summed E-state index contributed by atoms with van der Waals surface area (Å²) in [6, 6.07) is 6.67. The third-order valence-electron chi connectivity index (χ3n) is 2.98. The van der Waals surface area contributed by atoms with Gasteiger partial charge in [0.15, 0.2) is 5.69 Å². The topological polar surface area (TPSA) is 75.8 Å².